The van der Waals surface area contributed by atoms with Gasteiger partial charge in [-0.05, 0) is 60.8 Å². The number of fused-ring (bicyclic) bond motifs is 2. The molecule has 3 saturated heterocycles. The lowest BCUT2D eigenvalue weighted by atomic mass is 10.0. The summed E-state index contributed by atoms with van der Waals surface area (Å²) in [5, 5.41) is 19.0. The standard InChI is InChI=1S/C23H36N6O7/c1-22(2,3)35-20(31)26-10-9-14(11-26)27(21(32)36-23(4,5)6)13-17-24-25-18(34-17)16-8-7-15-12-28(16)19(30)29(15)33/h14-16,33H,7-13H2,1-6H3/t14-,15+,16-/m0/s1. The number of carbonyl (C=O) groups excluding carboxylic acids is 3. The molecule has 200 valence electrons. The molecule has 3 fully saturated rings. The van der Waals surface area contributed by atoms with E-state index in [0.29, 0.717) is 32.4 Å². The zero-order chi connectivity index (χ0) is 26.4. The van der Waals surface area contributed by atoms with E-state index in [2.05, 4.69) is 10.2 Å². The predicted octanol–water partition coefficient (Wildman–Crippen LogP) is 3.15. The smallest absolute Gasteiger partial charge is 0.411 e. The van der Waals surface area contributed by atoms with E-state index in [0.717, 1.165) is 5.06 Å². The van der Waals surface area contributed by atoms with Crippen molar-refractivity contribution in [3.8, 4) is 0 Å². The van der Waals surface area contributed by atoms with Crippen molar-refractivity contribution in [2.24, 2.45) is 0 Å². The Hall–Kier alpha value is -3.09. The highest BCUT2D eigenvalue weighted by molar-refractivity contribution is 5.76. The molecule has 0 saturated carbocycles. The zero-order valence-electron chi connectivity index (χ0n) is 21.8. The van der Waals surface area contributed by atoms with Crippen molar-refractivity contribution >= 4 is 18.2 Å². The van der Waals surface area contributed by atoms with Gasteiger partial charge in [0.2, 0.25) is 11.8 Å². The molecule has 0 aliphatic carbocycles. The molecule has 0 aromatic carbocycles. The molecule has 3 aliphatic heterocycles. The maximum Gasteiger partial charge on any atom is 0.411 e. The van der Waals surface area contributed by atoms with E-state index >= 15 is 0 Å². The minimum Gasteiger partial charge on any atom is -0.444 e. The van der Waals surface area contributed by atoms with Gasteiger partial charge in [-0.3, -0.25) is 10.1 Å². The molecule has 4 amide bonds. The summed E-state index contributed by atoms with van der Waals surface area (Å²) in [5.74, 6) is 0.458. The van der Waals surface area contributed by atoms with Gasteiger partial charge in [0.1, 0.15) is 23.8 Å². The molecule has 4 rings (SSSR count). The quantitative estimate of drug-likeness (QED) is 0.607. The maximum absolute atomic E-state index is 13.1. The van der Waals surface area contributed by atoms with Crippen LogP contribution < -0.4 is 0 Å². The van der Waals surface area contributed by atoms with Gasteiger partial charge in [0.25, 0.3) is 0 Å². The fraction of sp³-hybridized carbons (Fsp3) is 0.783. The Morgan fingerprint density at radius 3 is 2.42 bits per heavy atom. The van der Waals surface area contributed by atoms with Gasteiger partial charge >= 0.3 is 18.2 Å². The molecule has 0 unspecified atom stereocenters. The number of hydroxylamine groups is 2. The number of piperidine rings is 1. The first-order valence-corrected chi connectivity index (χ1v) is 12.3. The van der Waals surface area contributed by atoms with E-state index in [1.807, 2.05) is 0 Å². The van der Waals surface area contributed by atoms with E-state index in [-0.39, 0.29) is 37.0 Å². The number of carbonyl (C=O) groups is 3. The Labute approximate surface area is 210 Å². The van der Waals surface area contributed by atoms with Crippen molar-refractivity contribution in [1.82, 2.24) is 30.0 Å². The average Bonchev–Trinajstić information content (AvgIpc) is 3.47. The normalized spacial score (nSPS) is 24.4. The van der Waals surface area contributed by atoms with Gasteiger partial charge in [-0.2, -0.15) is 0 Å². The van der Waals surface area contributed by atoms with Gasteiger partial charge in [0.05, 0.1) is 12.1 Å². The van der Waals surface area contributed by atoms with Crippen LogP contribution in [-0.4, -0.2) is 96.3 Å². The van der Waals surface area contributed by atoms with Crippen molar-refractivity contribution in [2.75, 3.05) is 19.6 Å². The Morgan fingerprint density at radius 2 is 1.75 bits per heavy atom. The summed E-state index contributed by atoms with van der Waals surface area (Å²) in [6.07, 6.45) is 0.756. The number of likely N-dealkylation sites (tertiary alicyclic amines) is 1. The largest absolute Gasteiger partial charge is 0.444 e. The third kappa shape index (κ3) is 5.66. The molecule has 13 nitrogen and oxygen atoms in total. The van der Waals surface area contributed by atoms with Gasteiger partial charge in [-0.25, -0.2) is 19.4 Å². The van der Waals surface area contributed by atoms with E-state index in [1.54, 1.807) is 46.4 Å². The molecule has 0 spiro atoms. The number of hydrogen-bond donors (Lipinski definition) is 1. The number of ether oxygens (including phenoxy) is 2. The zero-order valence-corrected chi connectivity index (χ0v) is 21.8. The number of amides is 4. The molecule has 0 radical (unpaired) electrons. The Balaban J connectivity index is 1.48. The lowest BCUT2D eigenvalue weighted by Gasteiger charge is -2.31. The monoisotopic (exact) mass is 508 g/mol. The second-order valence-electron chi connectivity index (χ2n) is 11.5. The number of nitrogens with zero attached hydrogens (tertiary/aromatic N) is 6. The van der Waals surface area contributed by atoms with Crippen LogP contribution in [-0.2, 0) is 16.0 Å². The van der Waals surface area contributed by atoms with Crippen LogP contribution in [0.1, 0.15) is 78.6 Å². The molecule has 1 aromatic heterocycles. The fourth-order valence-corrected chi connectivity index (χ4v) is 4.67. The van der Waals surface area contributed by atoms with Gasteiger partial charge in [0.15, 0.2) is 0 Å². The molecule has 36 heavy (non-hydrogen) atoms. The lowest BCUT2D eigenvalue weighted by molar-refractivity contribution is -0.0584. The Bertz CT molecular complexity index is 1000. The summed E-state index contributed by atoms with van der Waals surface area (Å²) < 4.78 is 17.0. The summed E-state index contributed by atoms with van der Waals surface area (Å²) in [5.41, 5.74) is -1.34. The first kappa shape index (κ1) is 26.0. The summed E-state index contributed by atoms with van der Waals surface area (Å²) in [6.45, 7) is 11.9. The first-order valence-electron chi connectivity index (χ1n) is 12.3. The molecule has 2 bridgehead atoms. The van der Waals surface area contributed by atoms with Crippen molar-refractivity contribution in [3.63, 3.8) is 0 Å². The highest BCUT2D eigenvalue weighted by Gasteiger charge is 2.47. The first-order chi connectivity index (χ1) is 16.7. The number of rotatable bonds is 4. The van der Waals surface area contributed by atoms with Crippen LogP contribution in [0.25, 0.3) is 0 Å². The molecule has 1 N–H and O–H groups in total. The lowest BCUT2D eigenvalue weighted by Crippen LogP contribution is -2.45. The van der Waals surface area contributed by atoms with Crippen molar-refractivity contribution in [1.29, 1.82) is 0 Å². The van der Waals surface area contributed by atoms with E-state index in [4.69, 9.17) is 13.9 Å². The van der Waals surface area contributed by atoms with Gasteiger partial charge < -0.3 is 23.7 Å². The third-order valence-electron chi connectivity index (χ3n) is 6.30. The van der Waals surface area contributed by atoms with Crippen LogP contribution in [0.4, 0.5) is 14.4 Å². The molecule has 3 aliphatic rings. The average molecular weight is 509 g/mol. The van der Waals surface area contributed by atoms with E-state index in [1.165, 1.54) is 9.80 Å². The highest BCUT2D eigenvalue weighted by atomic mass is 16.6. The number of urea groups is 1. The van der Waals surface area contributed by atoms with Crippen LogP contribution in [0.5, 0.6) is 0 Å². The Kier molecular flexibility index (Phi) is 6.80. The highest BCUT2D eigenvalue weighted by Crippen LogP contribution is 2.37. The molecular weight excluding hydrogens is 472 g/mol. The van der Waals surface area contributed by atoms with Crippen LogP contribution >= 0.6 is 0 Å². The second-order valence-corrected chi connectivity index (χ2v) is 11.5. The van der Waals surface area contributed by atoms with E-state index < -0.39 is 35.5 Å². The van der Waals surface area contributed by atoms with Crippen LogP contribution in [0.2, 0.25) is 0 Å². The summed E-state index contributed by atoms with van der Waals surface area (Å²) in [6, 6.07) is -1.47. The number of aromatic nitrogens is 2. The van der Waals surface area contributed by atoms with Gasteiger partial charge in [-0.1, -0.05) is 0 Å². The van der Waals surface area contributed by atoms with Crippen LogP contribution in [0.15, 0.2) is 4.42 Å². The van der Waals surface area contributed by atoms with E-state index in [9.17, 15) is 19.6 Å². The Morgan fingerprint density at radius 1 is 1.06 bits per heavy atom. The topological polar surface area (TPSA) is 142 Å². The minimum atomic E-state index is -0.719. The third-order valence-corrected chi connectivity index (χ3v) is 6.30. The molecule has 13 heteroatoms. The molecular formula is C23H36N6O7. The molecule has 1 aromatic rings. The van der Waals surface area contributed by atoms with Crippen molar-refractivity contribution in [3.05, 3.63) is 11.8 Å². The summed E-state index contributed by atoms with van der Waals surface area (Å²) >= 11 is 0. The number of hydrogen-bond acceptors (Lipinski definition) is 9. The van der Waals surface area contributed by atoms with Gasteiger partial charge in [0, 0.05) is 19.6 Å². The van der Waals surface area contributed by atoms with Crippen molar-refractivity contribution in [2.45, 2.75) is 96.7 Å². The van der Waals surface area contributed by atoms with Crippen LogP contribution in [0, 0.1) is 0 Å². The minimum absolute atomic E-state index is 0.00977. The fourth-order valence-electron chi connectivity index (χ4n) is 4.67. The predicted molar refractivity (Wildman–Crippen MR) is 124 cm³/mol. The maximum atomic E-state index is 13.1. The molecule has 3 atom stereocenters. The van der Waals surface area contributed by atoms with Crippen LogP contribution in [0.3, 0.4) is 0 Å². The summed E-state index contributed by atoms with van der Waals surface area (Å²) in [4.78, 5) is 42.6. The molecule has 4 heterocycles. The van der Waals surface area contributed by atoms with Crippen molar-refractivity contribution < 1.29 is 33.5 Å². The SMILES string of the molecule is CC(C)(C)OC(=O)N1CC[C@H](N(Cc2nnc([C@@H]3CC[C@@H]4CN3C(=O)N4O)o2)C(=O)OC(C)(C)C)C1. The van der Waals surface area contributed by atoms with Gasteiger partial charge in [-0.15, -0.1) is 10.2 Å². The second kappa shape index (κ2) is 9.41. The summed E-state index contributed by atoms with van der Waals surface area (Å²) in [7, 11) is 0.